The molecule has 14 heavy (non-hydrogen) atoms. The van der Waals surface area contributed by atoms with Crippen LogP contribution in [0.25, 0.3) is 0 Å². The maximum Gasteiger partial charge on any atom is 0.229 e. The SMILES string of the molecule is Nc1cccc(N2CC(N)CC2=O)n1. The topological polar surface area (TPSA) is 85.2 Å². The number of nitrogen functional groups attached to an aromatic ring is 1. The highest BCUT2D eigenvalue weighted by molar-refractivity contribution is 5.95. The van der Waals surface area contributed by atoms with Gasteiger partial charge in [0.05, 0.1) is 0 Å². The van der Waals surface area contributed by atoms with Crippen LogP contribution in [0.15, 0.2) is 18.2 Å². The van der Waals surface area contributed by atoms with Crippen molar-refractivity contribution in [2.75, 3.05) is 17.2 Å². The van der Waals surface area contributed by atoms with E-state index in [0.29, 0.717) is 24.6 Å². The van der Waals surface area contributed by atoms with Gasteiger partial charge in [-0.15, -0.1) is 0 Å². The van der Waals surface area contributed by atoms with Gasteiger partial charge in [-0.25, -0.2) is 4.98 Å². The van der Waals surface area contributed by atoms with E-state index in [2.05, 4.69) is 4.98 Å². The number of rotatable bonds is 1. The Morgan fingerprint density at radius 2 is 2.29 bits per heavy atom. The fourth-order valence-corrected chi connectivity index (χ4v) is 1.55. The summed E-state index contributed by atoms with van der Waals surface area (Å²) in [6, 6.07) is 5.12. The minimum absolute atomic E-state index is 0.00981. The number of carbonyl (C=O) groups excluding carboxylic acids is 1. The standard InChI is InChI=1S/C9H12N4O/c10-6-4-9(14)13(5-6)8-3-1-2-7(11)12-8/h1-3,6H,4-5,10H2,(H2,11,12). The van der Waals surface area contributed by atoms with Crippen LogP contribution in [-0.2, 0) is 4.79 Å². The number of hydrogen-bond acceptors (Lipinski definition) is 4. The highest BCUT2D eigenvalue weighted by atomic mass is 16.2. The molecule has 1 amide bonds. The van der Waals surface area contributed by atoms with Crippen LogP contribution in [-0.4, -0.2) is 23.5 Å². The zero-order chi connectivity index (χ0) is 10.1. The molecule has 5 heteroatoms. The molecule has 0 bridgehead atoms. The highest BCUT2D eigenvalue weighted by Gasteiger charge is 2.28. The number of hydrogen-bond donors (Lipinski definition) is 2. The number of aromatic nitrogens is 1. The normalized spacial score (nSPS) is 21.6. The van der Waals surface area contributed by atoms with Crippen molar-refractivity contribution in [2.24, 2.45) is 5.73 Å². The van der Waals surface area contributed by atoms with E-state index in [0.717, 1.165) is 0 Å². The minimum atomic E-state index is -0.0919. The van der Waals surface area contributed by atoms with E-state index >= 15 is 0 Å². The maximum absolute atomic E-state index is 11.5. The van der Waals surface area contributed by atoms with Crippen LogP contribution in [0, 0.1) is 0 Å². The van der Waals surface area contributed by atoms with Crippen molar-refractivity contribution in [3.63, 3.8) is 0 Å². The Morgan fingerprint density at radius 3 is 2.86 bits per heavy atom. The molecule has 1 aliphatic rings. The number of nitrogens with zero attached hydrogens (tertiary/aromatic N) is 2. The molecular formula is C9H12N4O. The Morgan fingerprint density at radius 1 is 1.50 bits per heavy atom. The Balaban J connectivity index is 2.27. The third-order valence-electron chi connectivity index (χ3n) is 2.19. The van der Waals surface area contributed by atoms with Crippen LogP contribution >= 0.6 is 0 Å². The molecular weight excluding hydrogens is 180 g/mol. The molecule has 5 nitrogen and oxygen atoms in total. The monoisotopic (exact) mass is 192 g/mol. The predicted molar refractivity (Wildman–Crippen MR) is 53.6 cm³/mol. The van der Waals surface area contributed by atoms with Crippen molar-refractivity contribution in [3.8, 4) is 0 Å². The Bertz CT molecular complexity index is 366. The lowest BCUT2D eigenvalue weighted by molar-refractivity contribution is -0.117. The first kappa shape index (κ1) is 8.96. The van der Waals surface area contributed by atoms with Crippen LogP contribution in [0.4, 0.5) is 11.6 Å². The van der Waals surface area contributed by atoms with Gasteiger partial charge in [-0.05, 0) is 12.1 Å². The van der Waals surface area contributed by atoms with E-state index in [9.17, 15) is 4.79 Å². The molecule has 0 saturated carbocycles. The number of amides is 1. The first-order valence-electron chi connectivity index (χ1n) is 4.45. The van der Waals surface area contributed by atoms with E-state index in [1.807, 2.05) is 0 Å². The summed E-state index contributed by atoms with van der Waals surface area (Å²) in [6.07, 6.45) is 0.385. The number of pyridine rings is 1. The summed E-state index contributed by atoms with van der Waals surface area (Å²) in [5.41, 5.74) is 11.2. The molecule has 0 spiro atoms. The minimum Gasteiger partial charge on any atom is -0.384 e. The first-order chi connectivity index (χ1) is 6.66. The van der Waals surface area contributed by atoms with Gasteiger partial charge >= 0.3 is 0 Å². The van der Waals surface area contributed by atoms with E-state index in [1.165, 1.54) is 0 Å². The fraction of sp³-hybridized carbons (Fsp3) is 0.333. The van der Waals surface area contributed by atoms with Gasteiger partial charge in [0.15, 0.2) is 0 Å². The molecule has 4 N–H and O–H groups in total. The second-order valence-corrected chi connectivity index (χ2v) is 3.39. The molecule has 0 radical (unpaired) electrons. The van der Waals surface area contributed by atoms with Crippen LogP contribution in [0.2, 0.25) is 0 Å². The molecule has 1 saturated heterocycles. The first-order valence-corrected chi connectivity index (χ1v) is 4.45. The summed E-state index contributed by atoms with van der Waals surface area (Å²) in [5.74, 6) is 1.01. The second-order valence-electron chi connectivity index (χ2n) is 3.39. The van der Waals surface area contributed by atoms with Gasteiger partial charge in [0.2, 0.25) is 5.91 Å². The smallest absolute Gasteiger partial charge is 0.229 e. The van der Waals surface area contributed by atoms with Gasteiger partial charge in [0, 0.05) is 19.0 Å². The molecule has 1 aromatic heterocycles. The second kappa shape index (κ2) is 3.26. The molecule has 2 rings (SSSR count). The Labute approximate surface area is 81.7 Å². The Kier molecular flexibility index (Phi) is 2.09. The number of carbonyl (C=O) groups is 1. The van der Waals surface area contributed by atoms with Crippen molar-refractivity contribution in [1.82, 2.24) is 4.98 Å². The van der Waals surface area contributed by atoms with Gasteiger partial charge in [0.1, 0.15) is 11.6 Å². The summed E-state index contributed by atoms with van der Waals surface area (Å²) >= 11 is 0. The fourth-order valence-electron chi connectivity index (χ4n) is 1.55. The lowest BCUT2D eigenvalue weighted by Crippen LogP contribution is -2.28. The largest absolute Gasteiger partial charge is 0.384 e. The third kappa shape index (κ3) is 1.54. The molecule has 1 aliphatic heterocycles. The summed E-state index contributed by atoms with van der Waals surface area (Å²) in [7, 11) is 0. The summed E-state index contributed by atoms with van der Waals surface area (Å²) in [4.78, 5) is 17.1. The quantitative estimate of drug-likeness (QED) is 0.641. The van der Waals surface area contributed by atoms with Crippen molar-refractivity contribution in [2.45, 2.75) is 12.5 Å². The predicted octanol–water partition coefficient (Wildman–Crippen LogP) is -0.272. The van der Waals surface area contributed by atoms with Crippen LogP contribution in [0.5, 0.6) is 0 Å². The average Bonchev–Trinajstić information content (AvgIpc) is 2.45. The van der Waals surface area contributed by atoms with Gasteiger partial charge in [-0.2, -0.15) is 0 Å². The summed E-state index contributed by atoms with van der Waals surface area (Å²) in [6.45, 7) is 0.523. The molecule has 0 aromatic carbocycles. The third-order valence-corrected chi connectivity index (χ3v) is 2.19. The molecule has 74 valence electrons. The van der Waals surface area contributed by atoms with E-state index in [4.69, 9.17) is 11.5 Å². The number of anilines is 2. The van der Waals surface area contributed by atoms with E-state index in [1.54, 1.807) is 23.1 Å². The number of nitrogens with two attached hydrogens (primary N) is 2. The van der Waals surface area contributed by atoms with Crippen LogP contribution in [0.3, 0.4) is 0 Å². The molecule has 1 aromatic rings. The molecule has 0 aliphatic carbocycles. The summed E-state index contributed by atoms with van der Waals surface area (Å²) in [5, 5.41) is 0. The molecule has 1 atom stereocenters. The van der Waals surface area contributed by atoms with Gasteiger partial charge in [-0.3, -0.25) is 9.69 Å². The highest BCUT2D eigenvalue weighted by Crippen LogP contribution is 2.18. The maximum atomic E-state index is 11.5. The molecule has 2 heterocycles. The zero-order valence-corrected chi connectivity index (χ0v) is 7.68. The molecule has 1 unspecified atom stereocenters. The zero-order valence-electron chi connectivity index (χ0n) is 7.68. The van der Waals surface area contributed by atoms with Gasteiger partial charge in [-0.1, -0.05) is 6.07 Å². The summed E-state index contributed by atoms with van der Waals surface area (Å²) < 4.78 is 0. The van der Waals surface area contributed by atoms with Gasteiger partial charge < -0.3 is 11.5 Å². The van der Waals surface area contributed by atoms with Gasteiger partial charge in [0.25, 0.3) is 0 Å². The van der Waals surface area contributed by atoms with E-state index in [-0.39, 0.29) is 11.9 Å². The van der Waals surface area contributed by atoms with Crippen LogP contribution < -0.4 is 16.4 Å². The molecule has 1 fully saturated rings. The van der Waals surface area contributed by atoms with Crippen molar-refractivity contribution in [1.29, 1.82) is 0 Å². The van der Waals surface area contributed by atoms with Crippen LogP contribution in [0.1, 0.15) is 6.42 Å². The average molecular weight is 192 g/mol. The van der Waals surface area contributed by atoms with Crippen molar-refractivity contribution >= 4 is 17.5 Å². The lowest BCUT2D eigenvalue weighted by Gasteiger charge is -2.14. The van der Waals surface area contributed by atoms with Crippen molar-refractivity contribution in [3.05, 3.63) is 18.2 Å². The lowest BCUT2D eigenvalue weighted by atomic mass is 10.3. The van der Waals surface area contributed by atoms with E-state index < -0.39 is 0 Å². The van der Waals surface area contributed by atoms with Crippen molar-refractivity contribution < 1.29 is 4.79 Å². The Hall–Kier alpha value is -1.62.